The van der Waals surface area contributed by atoms with Crippen LogP contribution in [0.25, 0.3) is 11.0 Å². The van der Waals surface area contributed by atoms with Crippen molar-refractivity contribution in [3.8, 4) is 0 Å². The van der Waals surface area contributed by atoms with Crippen molar-refractivity contribution in [2.45, 2.75) is 44.7 Å². The predicted molar refractivity (Wildman–Crippen MR) is 103 cm³/mol. The maximum Gasteiger partial charge on any atom is 0.303 e. The molecule has 2 unspecified atom stereocenters. The van der Waals surface area contributed by atoms with Gasteiger partial charge in [-0.1, -0.05) is 48.5 Å². The smallest absolute Gasteiger partial charge is 0.303 e. The molecule has 0 bridgehead atoms. The van der Waals surface area contributed by atoms with Gasteiger partial charge in [0, 0.05) is 23.9 Å². The summed E-state index contributed by atoms with van der Waals surface area (Å²) < 4.78 is 5.62. The summed E-state index contributed by atoms with van der Waals surface area (Å²) in [6.45, 7) is 2.14. The van der Waals surface area contributed by atoms with Gasteiger partial charge < -0.3 is 14.8 Å². The van der Waals surface area contributed by atoms with E-state index in [2.05, 4.69) is 30.4 Å². The lowest BCUT2D eigenvalue weighted by Gasteiger charge is -2.23. The number of nitrogens with one attached hydrogen (secondary N) is 1. The van der Waals surface area contributed by atoms with Gasteiger partial charge in [-0.3, -0.25) is 4.79 Å². The number of rotatable bonds is 9. The third-order valence-corrected chi connectivity index (χ3v) is 4.64. The minimum Gasteiger partial charge on any atom is -0.481 e. The molecule has 0 fully saturated rings. The number of carbonyl (C=O) groups is 1. The molecule has 3 aromatic rings. The van der Waals surface area contributed by atoms with E-state index in [0.29, 0.717) is 6.42 Å². The van der Waals surface area contributed by atoms with Gasteiger partial charge in [-0.15, -0.1) is 0 Å². The molecule has 2 aromatic carbocycles. The zero-order valence-electron chi connectivity index (χ0n) is 15.0. The second-order valence-electron chi connectivity index (χ2n) is 6.85. The Balaban J connectivity index is 1.65. The minimum atomic E-state index is -0.752. The summed E-state index contributed by atoms with van der Waals surface area (Å²) in [6.07, 6.45) is 4.28. The third-order valence-electron chi connectivity index (χ3n) is 4.64. The molecule has 2 N–H and O–H groups in total. The van der Waals surface area contributed by atoms with Gasteiger partial charge in [-0.2, -0.15) is 0 Å². The summed E-state index contributed by atoms with van der Waals surface area (Å²) in [5, 5.41) is 13.8. The number of aliphatic carboxylic acids is 1. The van der Waals surface area contributed by atoms with Gasteiger partial charge in [0.05, 0.1) is 6.26 Å². The summed E-state index contributed by atoms with van der Waals surface area (Å²) in [7, 11) is 0. The topological polar surface area (TPSA) is 62.5 Å². The fraction of sp³-hybridized carbons (Fsp3) is 0.318. The Hall–Kier alpha value is -2.59. The average molecular weight is 351 g/mol. The van der Waals surface area contributed by atoms with Gasteiger partial charge in [0.1, 0.15) is 5.58 Å². The SMILES string of the molecule is CC(Cc1coc2ccccc12)NC(CCC(=O)O)Cc1ccccc1. The van der Waals surface area contributed by atoms with Crippen LogP contribution < -0.4 is 5.32 Å². The number of hydrogen-bond acceptors (Lipinski definition) is 3. The predicted octanol–water partition coefficient (Wildman–Crippen LogP) is 4.43. The van der Waals surface area contributed by atoms with Crippen LogP contribution in [0, 0.1) is 0 Å². The largest absolute Gasteiger partial charge is 0.481 e. The Morgan fingerprint density at radius 3 is 2.58 bits per heavy atom. The van der Waals surface area contributed by atoms with Crippen LogP contribution in [0.1, 0.15) is 30.9 Å². The lowest BCUT2D eigenvalue weighted by atomic mass is 9.99. The molecule has 0 spiro atoms. The van der Waals surface area contributed by atoms with Crippen molar-refractivity contribution in [3.05, 3.63) is 72.0 Å². The second-order valence-corrected chi connectivity index (χ2v) is 6.85. The Labute approximate surface area is 153 Å². The molecule has 4 heteroatoms. The number of carboxylic acids is 1. The molecule has 3 rings (SSSR count). The van der Waals surface area contributed by atoms with Crippen molar-refractivity contribution in [1.29, 1.82) is 0 Å². The number of furan rings is 1. The fourth-order valence-electron chi connectivity index (χ4n) is 3.42. The minimum absolute atomic E-state index is 0.127. The Morgan fingerprint density at radius 1 is 1.08 bits per heavy atom. The van der Waals surface area contributed by atoms with Crippen LogP contribution in [0.3, 0.4) is 0 Å². The van der Waals surface area contributed by atoms with Crippen LogP contribution >= 0.6 is 0 Å². The molecule has 0 amide bonds. The van der Waals surface area contributed by atoms with E-state index in [1.807, 2.05) is 42.7 Å². The zero-order chi connectivity index (χ0) is 18.4. The first-order valence-electron chi connectivity index (χ1n) is 9.08. The van der Waals surface area contributed by atoms with Crippen LogP contribution in [-0.4, -0.2) is 23.2 Å². The lowest BCUT2D eigenvalue weighted by Crippen LogP contribution is -2.39. The Morgan fingerprint density at radius 2 is 1.81 bits per heavy atom. The quantitative estimate of drug-likeness (QED) is 0.599. The highest BCUT2D eigenvalue weighted by atomic mass is 16.4. The van der Waals surface area contributed by atoms with E-state index < -0.39 is 5.97 Å². The van der Waals surface area contributed by atoms with Crippen molar-refractivity contribution < 1.29 is 14.3 Å². The molecular formula is C22H25NO3. The third kappa shape index (κ3) is 4.96. The number of hydrogen-bond donors (Lipinski definition) is 2. The van der Waals surface area contributed by atoms with E-state index in [-0.39, 0.29) is 18.5 Å². The van der Waals surface area contributed by atoms with Crippen LogP contribution in [0.5, 0.6) is 0 Å². The van der Waals surface area contributed by atoms with Crippen molar-refractivity contribution in [3.63, 3.8) is 0 Å². The summed E-state index contributed by atoms with van der Waals surface area (Å²) >= 11 is 0. The van der Waals surface area contributed by atoms with Gasteiger partial charge in [0.25, 0.3) is 0 Å². The molecule has 26 heavy (non-hydrogen) atoms. The maximum atomic E-state index is 11.0. The monoisotopic (exact) mass is 351 g/mol. The fourth-order valence-corrected chi connectivity index (χ4v) is 3.42. The molecule has 1 aromatic heterocycles. The molecule has 136 valence electrons. The summed E-state index contributed by atoms with van der Waals surface area (Å²) in [4.78, 5) is 11.0. The highest BCUT2D eigenvalue weighted by molar-refractivity contribution is 5.80. The van der Waals surface area contributed by atoms with E-state index in [9.17, 15) is 4.79 Å². The van der Waals surface area contributed by atoms with Gasteiger partial charge in [-0.25, -0.2) is 0 Å². The van der Waals surface area contributed by atoms with Crippen LogP contribution in [-0.2, 0) is 17.6 Å². The molecule has 0 radical (unpaired) electrons. The maximum absolute atomic E-state index is 11.0. The Kier molecular flexibility index (Phi) is 6.08. The van der Waals surface area contributed by atoms with Gasteiger partial charge in [-0.05, 0) is 43.4 Å². The van der Waals surface area contributed by atoms with E-state index in [1.165, 1.54) is 11.1 Å². The van der Waals surface area contributed by atoms with Crippen LogP contribution in [0.4, 0.5) is 0 Å². The van der Waals surface area contributed by atoms with Crippen molar-refractivity contribution in [2.75, 3.05) is 0 Å². The number of carboxylic acid groups (broad SMARTS) is 1. The summed E-state index contributed by atoms with van der Waals surface area (Å²) in [6, 6.07) is 18.6. The van der Waals surface area contributed by atoms with Gasteiger partial charge >= 0.3 is 5.97 Å². The van der Waals surface area contributed by atoms with Gasteiger partial charge in [0.15, 0.2) is 0 Å². The van der Waals surface area contributed by atoms with Crippen LogP contribution in [0.15, 0.2) is 65.3 Å². The van der Waals surface area contributed by atoms with Crippen molar-refractivity contribution >= 4 is 16.9 Å². The zero-order valence-corrected chi connectivity index (χ0v) is 15.0. The first-order valence-corrected chi connectivity index (χ1v) is 9.08. The Bertz CT molecular complexity index is 841. The molecule has 0 aliphatic carbocycles. The van der Waals surface area contributed by atoms with Crippen LogP contribution in [0.2, 0.25) is 0 Å². The molecule has 0 saturated heterocycles. The molecular weight excluding hydrogens is 326 g/mol. The van der Waals surface area contributed by atoms with E-state index in [1.54, 1.807) is 0 Å². The average Bonchev–Trinajstić information content (AvgIpc) is 3.03. The van der Waals surface area contributed by atoms with E-state index in [4.69, 9.17) is 9.52 Å². The normalized spacial score (nSPS) is 13.6. The standard InChI is InChI=1S/C22H25NO3/c1-16(13-18-15-26-21-10-6-5-9-20(18)21)23-19(11-12-22(24)25)14-17-7-3-2-4-8-17/h2-10,15-16,19,23H,11-14H2,1H3,(H,24,25). The summed E-state index contributed by atoms with van der Waals surface area (Å²) in [5.74, 6) is -0.752. The second kappa shape index (κ2) is 8.68. The molecule has 0 saturated carbocycles. The molecule has 1 heterocycles. The first kappa shape index (κ1) is 18.2. The highest BCUT2D eigenvalue weighted by Crippen LogP contribution is 2.22. The van der Waals surface area contributed by atoms with Crippen molar-refractivity contribution in [1.82, 2.24) is 5.32 Å². The first-order chi connectivity index (χ1) is 12.6. The van der Waals surface area contributed by atoms with Crippen molar-refractivity contribution in [2.24, 2.45) is 0 Å². The number of para-hydroxylation sites is 1. The lowest BCUT2D eigenvalue weighted by molar-refractivity contribution is -0.137. The van der Waals surface area contributed by atoms with Gasteiger partial charge in [0.2, 0.25) is 0 Å². The van der Waals surface area contributed by atoms with E-state index in [0.717, 1.165) is 23.8 Å². The summed E-state index contributed by atoms with van der Waals surface area (Å²) in [5.41, 5.74) is 3.30. The molecule has 2 atom stereocenters. The molecule has 4 nitrogen and oxygen atoms in total. The molecule has 0 aliphatic rings. The van der Waals surface area contributed by atoms with E-state index >= 15 is 0 Å². The number of fused-ring (bicyclic) bond motifs is 1. The number of benzene rings is 2. The molecule has 0 aliphatic heterocycles. The highest BCUT2D eigenvalue weighted by Gasteiger charge is 2.16.